The fourth-order valence-electron chi connectivity index (χ4n) is 2.33. The SMILES string of the molecule is COc1cc(C(=O)C2Cc3ccccc3O2)ccc1Cl. The summed E-state index contributed by atoms with van der Waals surface area (Å²) >= 11 is 5.97. The fraction of sp³-hybridized carbons (Fsp3) is 0.188. The van der Waals surface area contributed by atoms with E-state index in [1.807, 2.05) is 24.3 Å². The first-order valence-electron chi connectivity index (χ1n) is 6.31. The highest BCUT2D eigenvalue weighted by molar-refractivity contribution is 6.32. The lowest BCUT2D eigenvalue weighted by Crippen LogP contribution is -2.25. The second kappa shape index (κ2) is 5.17. The van der Waals surface area contributed by atoms with Crippen molar-refractivity contribution in [3.05, 3.63) is 58.6 Å². The molecule has 0 aliphatic carbocycles. The Morgan fingerprint density at radius 2 is 2.10 bits per heavy atom. The van der Waals surface area contributed by atoms with Crippen LogP contribution in [-0.2, 0) is 6.42 Å². The molecule has 1 aliphatic heterocycles. The van der Waals surface area contributed by atoms with Gasteiger partial charge in [-0.25, -0.2) is 0 Å². The Balaban J connectivity index is 1.84. The van der Waals surface area contributed by atoms with Crippen LogP contribution in [0.15, 0.2) is 42.5 Å². The number of methoxy groups -OCH3 is 1. The van der Waals surface area contributed by atoms with Gasteiger partial charge in [0, 0.05) is 12.0 Å². The Hall–Kier alpha value is -2.00. The van der Waals surface area contributed by atoms with Gasteiger partial charge in [-0.1, -0.05) is 29.8 Å². The van der Waals surface area contributed by atoms with Crippen molar-refractivity contribution < 1.29 is 14.3 Å². The molecule has 0 saturated carbocycles. The third kappa shape index (κ3) is 2.25. The summed E-state index contributed by atoms with van der Waals surface area (Å²) in [6.45, 7) is 0. The molecule has 0 aromatic heterocycles. The van der Waals surface area contributed by atoms with Gasteiger partial charge in [0.05, 0.1) is 12.1 Å². The number of ether oxygens (including phenoxy) is 2. The number of benzene rings is 2. The highest BCUT2D eigenvalue weighted by Crippen LogP contribution is 2.31. The molecule has 1 heterocycles. The molecule has 2 aromatic rings. The number of carbonyl (C=O) groups is 1. The number of carbonyl (C=O) groups excluding carboxylic acids is 1. The standard InChI is InChI=1S/C16H13ClO3/c1-19-14-9-11(6-7-12(14)17)16(18)15-8-10-4-2-3-5-13(10)20-15/h2-7,9,15H,8H2,1H3. The summed E-state index contributed by atoms with van der Waals surface area (Å²) in [7, 11) is 1.53. The van der Waals surface area contributed by atoms with E-state index < -0.39 is 6.10 Å². The molecule has 4 heteroatoms. The minimum atomic E-state index is -0.474. The minimum Gasteiger partial charge on any atom is -0.495 e. The first-order valence-corrected chi connectivity index (χ1v) is 6.69. The molecular formula is C16H13ClO3. The molecule has 1 unspecified atom stereocenters. The smallest absolute Gasteiger partial charge is 0.203 e. The molecule has 0 spiro atoms. The van der Waals surface area contributed by atoms with Crippen molar-refractivity contribution in [2.75, 3.05) is 7.11 Å². The summed E-state index contributed by atoms with van der Waals surface area (Å²) in [5.41, 5.74) is 1.61. The number of rotatable bonds is 3. The van der Waals surface area contributed by atoms with Crippen molar-refractivity contribution in [2.45, 2.75) is 12.5 Å². The van der Waals surface area contributed by atoms with Gasteiger partial charge in [0.15, 0.2) is 6.10 Å². The zero-order chi connectivity index (χ0) is 14.1. The Labute approximate surface area is 122 Å². The Morgan fingerprint density at radius 3 is 2.85 bits per heavy atom. The molecule has 2 aromatic carbocycles. The minimum absolute atomic E-state index is 0.0591. The van der Waals surface area contributed by atoms with E-state index in [-0.39, 0.29) is 5.78 Å². The van der Waals surface area contributed by atoms with Gasteiger partial charge < -0.3 is 9.47 Å². The molecule has 0 saturated heterocycles. The summed E-state index contributed by atoms with van der Waals surface area (Å²) in [6.07, 6.45) is 0.123. The normalized spacial score (nSPS) is 16.4. The summed E-state index contributed by atoms with van der Waals surface area (Å²) in [5.74, 6) is 1.22. The molecule has 0 amide bonds. The lowest BCUT2D eigenvalue weighted by molar-refractivity contribution is 0.0824. The summed E-state index contributed by atoms with van der Waals surface area (Å²) in [6, 6.07) is 12.7. The van der Waals surface area contributed by atoms with Crippen LogP contribution in [0.3, 0.4) is 0 Å². The number of fused-ring (bicyclic) bond motifs is 1. The van der Waals surface area contributed by atoms with Gasteiger partial charge in [0.1, 0.15) is 11.5 Å². The van der Waals surface area contributed by atoms with Crippen molar-refractivity contribution in [3.63, 3.8) is 0 Å². The van der Waals surface area contributed by atoms with Crippen LogP contribution >= 0.6 is 11.6 Å². The maximum atomic E-state index is 12.5. The molecule has 3 rings (SSSR count). The molecule has 20 heavy (non-hydrogen) atoms. The molecule has 0 N–H and O–H groups in total. The number of para-hydroxylation sites is 1. The zero-order valence-corrected chi connectivity index (χ0v) is 11.7. The average Bonchev–Trinajstić information content (AvgIpc) is 2.91. The largest absolute Gasteiger partial charge is 0.495 e. The topological polar surface area (TPSA) is 35.5 Å². The van der Waals surface area contributed by atoms with Crippen LogP contribution < -0.4 is 9.47 Å². The molecule has 0 fully saturated rings. The molecule has 1 atom stereocenters. The van der Waals surface area contributed by atoms with E-state index in [2.05, 4.69) is 0 Å². The van der Waals surface area contributed by atoms with Gasteiger partial charge in [-0.2, -0.15) is 0 Å². The molecular weight excluding hydrogens is 276 g/mol. The van der Waals surface area contributed by atoms with E-state index in [0.29, 0.717) is 22.8 Å². The predicted octanol–water partition coefficient (Wildman–Crippen LogP) is 3.54. The van der Waals surface area contributed by atoms with Crippen LogP contribution in [-0.4, -0.2) is 19.0 Å². The molecule has 102 valence electrons. The number of Topliss-reactive ketones (excluding diaryl/α,β-unsaturated/α-hetero) is 1. The van der Waals surface area contributed by atoms with E-state index in [0.717, 1.165) is 11.3 Å². The summed E-state index contributed by atoms with van der Waals surface area (Å²) in [5, 5.41) is 0.486. The van der Waals surface area contributed by atoms with Crippen molar-refractivity contribution in [1.29, 1.82) is 0 Å². The van der Waals surface area contributed by atoms with E-state index >= 15 is 0 Å². The van der Waals surface area contributed by atoms with Crippen LogP contribution in [0, 0.1) is 0 Å². The first kappa shape index (κ1) is 13.0. The average molecular weight is 289 g/mol. The van der Waals surface area contributed by atoms with Crippen LogP contribution in [0.2, 0.25) is 5.02 Å². The van der Waals surface area contributed by atoms with E-state index in [1.54, 1.807) is 18.2 Å². The Morgan fingerprint density at radius 1 is 1.30 bits per heavy atom. The van der Waals surface area contributed by atoms with Crippen LogP contribution in [0.4, 0.5) is 0 Å². The van der Waals surface area contributed by atoms with Gasteiger partial charge in [0.2, 0.25) is 5.78 Å². The number of hydrogen-bond acceptors (Lipinski definition) is 3. The second-order valence-corrected chi connectivity index (χ2v) is 5.04. The Kier molecular flexibility index (Phi) is 3.36. The number of hydrogen-bond donors (Lipinski definition) is 0. The number of halogens is 1. The predicted molar refractivity (Wildman–Crippen MR) is 76.9 cm³/mol. The van der Waals surface area contributed by atoms with E-state index in [4.69, 9.17) is 21.1 Å². The number of ketones is 1. The molecule has 0 bridgehead atoms. The van der Waals surface area contributed by atoms with E-state index in [1.165, 1.54) is 7.11 Å². The quantitative estimate of drug-likeness (QED) is 0.811. The third-order valence-corrected chi connectivity index (χ3v) is 3.69. The van der Waals surface area contributed by atoms with Crippen LogP contribution in [0.1, 0.15) is 15.9 Å². The van der Waals surface area contributed by atoms with Crippen molar-refractivity contribution in [1.82, 2.24) is 0 Å². The maximum Gasteiger partial charge on any atom is 0.203 e. The highest BCUT2D eigenvalue weighted by atomic mass is 35.5. The molecule has 1 aliphatic rings. The molecule has 3 nitrogen and oxygen atoms in total. The van der Waals surface area contributed by atoms with Crippen molar-refractivity contribution in [3.8, 4) is 11.5 Å². The van der Waals surface area contributed by atoms with Gasteiger partial charge >= 0.3 is 0 Å². The lowest BCUT2D eigenvalue weighted by Gasteiger charge is -2.11. The summed E-state index contributed by atoms with van der Waals surface area (Å²) in [4.78, 5) is 12.5. The fourth-order valence-corrected chi connectivity index (χ4v) is 2.52. The van der Waals surface area contributed by atoms with Crippen molar-refractivity contribution in [2.24, 2.45) is 0 Å². The maximum absolute atomic E-state index is 12.5. The van der Waals surface area contributed by atoms with Crippen LogP contribution in [0.5, 0.6) is 11.5 Å². The first-order chi connectivity index (χ1) is 9.69. The Bertz CT molecular complexity index is 642. The second-order valence-electron chi connectivity index (χ2n) is 4.63. The monoisotopic (exact) mass is 288 g/mol. The van der Waals surface area contributed by atoms with Crippen molar-refractivity contribution >= 4 is 17.4 Å². The van der Waals surface area contributed by atoms with E-state index in [9.17, 15) is 4.79 Å². The lowest BCUT2D eigenvalue weighted by atomic mass is 10.0. The van der Waals surface area contributed by atoms with Gasteiger partial charge in [-0.15, -0.1) is 0 Å². The zero-order valence-electron chi connectivity index (χ0n) is 10.9. The third-order valence-electron chi connectivity index (χ3n) is 3.38. The van der Waals surface area contributed by atoms with Crippen LogP contribution in [0.25, 0.3) is 0 Å². The van der Waals surface area contributed by atoms with Gasteiger partial charge in [0.25, 0.3) is 0 Å². The van der Waals surface area contributed by atoms with Gasteiger partial charge in [-0.05, 0) is 29.8 Å². The van der Waals surface area contributed by atoms with Gasteiger partial charge in [-0.3, -0.25) is 4.79 Å². The molecule has 0 radical (unpaired) electrons. The highest BCUT2D eigenvalue weighted by Gasteiger charge is 2.29. The summed E-state index contributed by atoms with van der Waals surface area (Å²) < 4.78 is 10.8.